The molecule has 3 aromatic rings. The normalized spacial score (nSPS) is 14.3. The second-order valence-corrected chi connectivity index (χ2v) is 8.05. The van der Waals surface area contributed by atoms with Gasteiger partial charge in [0, 0.05) is 18.7 Å². The Kier molecular flexibility index (Phi) is 5.09. The summed E-state index contributed by atoms with van der Waals surface area (Å²) in [5.74, 6) is -0.814. The lowest BCUT2D eigenvalue weighted by atomic mass is 10.1. The second-order valence-electron chi connectivity index (χ2n) is 8.05. The molecule has 2 aliphatic heterocycles. The number of fused-ring (bicyclic) bond motifs is 2. The van der Waals surface area contributed by atoms with Crippen molar-refractivity contribution in [2.24, 2.45) is 0 Å². The molecule has 0 radical (unpaired) electrons. The number of rotatable bonds is 5. The summed E-state index contributed by atoms with van der Waals surface area (Å²) in [6, 6.07) is 16.0. The molecule has 3 aromatic carbocycles. The zero-order chi connectivity index (χ0) is 24.0. The molecule has 0 unspecified atom stereocenters. The molecule has 0 bridgehead atoms. The van der Waals surface area contributed by atoms with Crippen molar-refractivity contribution in [3.63, 3.8) is 0 Å². The standard InChI is InChI=1S/C25H19N3O6/c1-34-22-9-6-15(14-27-23(29)18-4-2-3-5-19(18)24(27)30)12-20(22)25(31)26-11-10-16-7-8-17(28(32)33)13-21(16)26/h2-9,12-13H,10-11,14H2,1H3. The average molecular weight is 457 g/mol. The zero-order valence-corrected chi connectivity index (χ0v) is 18.2. The lowest BCUT2D eigenvalue weighted by Gasteiger charge is -2.20. The molecular formula is C25H19N3O6. The third-order valence-corrected chi connectivity index (χ3v) is 6.13. The summed E-state index contributed by atoms with van der Waals surface area (Å²) in [4.78, 5) is 52.3. The molecule has 0 fully saturated rings. The fourth-order valence-electron chi connectivity index (χ4n) is 4.42. The van der Waals surface area contributed by atoms with Crippen molar-refractivity contribution in [3.05, 3.63) is 98.6 Å². The maximum Gasteiger partial charge on any atom is 0.271 e. The minimum Gasteiger partial charge on any atom is -0.496 e. The first-order valence-electron chi connectivity index (χ1n) is 10.6. The molecule has 9 nitrogen and oxygen atoms in total. The second kappa shape index (κ2) is 8.11. The molecule has 3 amide bonds. The number of ether oxygens (including phenoxy) is 1. The summed E-state index contributed by atoms with van der Waals surface area (Å²) in [7, 11) is 1.44. The molecule has 0 N–H and O–H groups in total. The third kappa shape index (κ3) is 3.38. The van der Waals surface area contributed by atoms with Crippen LogP contribution in [0.3, 0.4) is 0 Å². The highest BCUT2D eigenvalue weighted by atomic mass is 16.6. The number of hydrogen-bond acceptors (Lipinski definition) is 6. The lowest BCUT2D eigenvalue weighted by Crippen LogP contribution is -2.30. The maximum atomic E-state index is 13.5. The summed E-state index contributed by atoms with van der Waals surface area (Å²) in [6.45, 7) is 0.375. The number of carbonyl (C=O) groups excluding carboxylic acids is 3. The number of methoxy groups -OCH3 is 1. The Morgan fingerprint density at radius 1 is 1.03 bits per heavy atom. The van der Waals surface area contributed by atoms with E-state index in [1.165, 1.54) is 24.1 Å². The molecule has 0 atom stereocenters. The van der Waals surface area contributed by atoms with Gasteiger partial charge >= 0.3 is 0 Å². The minimum absolute atomic E-state index is 0.00131. The quantitative estimate of drug-likeness (QED) is 0.329. The van der Waals surface area contributed by atoms with Crippen LogP contribution in [0.1, 0.15) is 42.2 Å². The van der Waals surface area contributed by atoms with Gasteiger partial charge in [0.1, 0.15) is 5.75 Å². The van der Waals surface area contributed by atoms with Crippen LogP contribution < -0.4 is 9.64 Å². The van der Waals surface area contributed by atoms with Gasteiger partial charge in [-0.25, -0.2) is 0 Å². The molecule has 0 saturated heterocycles. The summed E-state index contributed by atoms with van der Waals surface area (Å²) in [6.07, 6.45) is 0.579. The van der Waals surface area contributed by atoms with Crippen molar-refractivity contribution in [2.75, 3.05) is 18.6 Å². The highest BCUT2D eigenvalue weighted by Gasteiger charge is 2.35. The number of nitro groups is 1. The van der Waals surface area contributed by atoms with E-state index in [2.05, 4.69) is 0 Å². The summed E-state index contributed by atoms with van der Waals surface area (Å²) >= 11 is 0. The molecule has 0 saturated carbocycles. The van der Waals surface area contributed by atoms with Crippen molar-refractivity contribution in [1.82, 2.24) is 4.90 Å². The van der Waals surface area contributed by atoms with E-state index in [1.807, 2.05) is 0 Å². The van der Waals surface area contributed by atoms with E-state index in [9.17, 15) is 24.5 Å². The van der Waals surface area contributed by atoms with Crippen LogP contribution in [0.4, 0.5) is 11.4 Å². The molecule has 34 heavy (non-hydrogen) atoms. The van der Waals surface area contributed by atoms with Crippen LogP contribution in [0.2, 0.25) is 0 Å². The first-order chi connectivity index (χ1) is 16.4. The molecule has 2 heterocycles. The van der Waals surface area contributed by atoms with E-state index in [0.717, 1.165) is 10.5 Å². The first-order valence-corrected chi connectivity index (χ1v) is 10.6. The van der Waals surface area contributed by atoms with Crippen LogP contribution >= 0.6 is 0 Å². The van der Waals surface area contributed by atoms with E-state index in [0.29, 0.717) is 41.1 Å². The number of nitro benzene ring substituents is 1. The minimum atomic E-state index is -0.495. The van der Waals surface area contributed by atoms with Gasteiger partial charge in [0.05, 0.1) is 41.0 Å². The number of carbonyl (C=O) groups is 3. The van der Waals surface area contributed by atoms with Crippen molar-refractivity contribution in [1.29, 1.82) is 0 Å². The third-order valence-electron chi connectivity index (χ3n) is 6.13. The Bertz CT molecular complexity index is 1350. The average Bonchev–Trinajstić information content (AvgIpc) is 3.38. The van der Waals surface area contributed by atoms with Crippen molar-refractivity contribution < 1.29 is 24.0 Å². The molecule has 9 heteroatoms. The lowest BCUT2D eigenvalue weighted by molar-refractivity contribution is -0.384. The first kappa shape index (κ1) is 21.3. The van der Waals surface area contributed by atoms with Crippen LogP contribution in [0, 0.1) is 10.1 Å². The molecule has 5 rings (SSSR count). The summed E-state index contributed by atoms with van der Waals surface area (Å²) in [5.41, 5.74) is 2.78. The van der Waals surface area contributed by atoms with Gasteiger partial charge in [-0.3, -0.25) is 29.4 Å². The molecular weight excluding hydrogens is 438 g/mol. The number of non-ortho nitro benzene ring substituents is 1. The van der Waals surface area contributed by atoms with Crippen LogP contribution in [0.5, 0.6) is 5.75 Å². The number of benzene rings is 3. The van der Waals surface area contributed by atoms with E-state index >= 15 is 0 Å². The Hall–Kier alpha value is -4.53. The van der Waals surface area contributed by atoms with Crippen LogP contribution in [-0.4, -0.2) is 41.2 Å². The van der Waals surface area contributed by atoms with E-state index in [1.54, 1.807) is 48.5 Å². The Morgan fingerprint density at radius 3 is 2.38 bits per heavy atom. The van der Waals surface area contributed by atoms with E-state index in [4.69, 9.17) is 4.74 Å². The number of amides is 3. The smallest absolute Gasteiger partial charge is 0.271 e. The van der Waals surface area contributed by atoms with Crippen molar-refractivity contribution in [3.8, 4) is 5.75 Å². The summed E-state index contributed by atoms with van der Waals surface area (Å²) in [5, 5.41) is 11.2. The Balaban J connectivity index is 1.46. The zero-order valence-electron chi connectivity index (χ0n) is 18.2. The van der Waals surface area contributed by atoms with Crippen LogP contribution in [0.25, 0.3) is 0 Å². The van der Waals surface area contributed by atoms with Gasteiger partial charge in [0.25, 0.3) is 23.4 Å². The highest BCUT2D eigenvalue weighted by molar-refractivity contribution is 6.21. The number of anilines is 1. The van der Waals surface area contributed by atoms with Gasteiger partial charge in [-0.2, -0.15) is 0 Å². The van der Waals surface area contributed by atoms with Gasteiger partial charge in [0.15, 0.2) is 0 Å². The molecule has 0 aromatic heterocycles. The predicted octanol–water partition coefficient (Wildman–Crippen LogP) is 3.60. The van der Waals surface area contributed by atoms with Crippen LogP contribution in [0.15, 0.2) is 60.7 Å². The predicted molar refractivity (Wildman–Crippen MR) is 122 cm³/mol. The van der Waals surface area contributed by atoms with Gasteiger partial charge in [-0.1, -0.05) is 24.3 Å². The van der Waals surface area contributed by atoms with Gasteiger partial charge in [-0.15, -0.1) is 0 Å². The monoisotopic (exact) mass is 457 g/mol. The number of hydrogen-bond donors (Lipinski definition) is 0. The highest BCUT2D eigenvalue weighted by Crippen LogP contribution is 2.34. The van der Waals surface area contributed by atoms with E-state index < -0.39 is 4.92 Å². The topological polar surface area (TPSA) is 110 Å². The number of imide groups is 1. The SMILES string of the molecule is COc1ccc(CN2C(=O)c3ccccc3C2=O)cc1C(=O)N1CCc2ccc([N+](=O)[O-])cc21. The Labute approximate surface area is 194 Å². The fourth-order valence-corrected chi connectivity index (χ4v) is 4.42. The van der Waals surface area contributed by atoms with Crippen molar-refractivity contribution >= 4 is 29.1 Å². The molecule has 0 spiro atoms. The van der Waals surface area contributed by atoms with Crippen molar-refractivity contribution in [2.45, 2.75) is 13.0 Å². The Morgan fingerprint density at radius 2 is 1.74 bits per heavy atom. The van der Waals surface area contributed by atoms with E-state index in [-0.39, 0.29) is 35.5 Å². The number of nitrogens with zero attached hydrogens (tertiary/aromatic N) is 3. The molecule has 2 aliphatic rings. The summed E-state index contributed by atoms with van der Waals surface area (Å²) < 4.78 is 5.39. The maximum absolute atomic E-state index is 13.5. The van der Waals surface area contributed by atoms with Gasteiger partial charge in [0.2, 0.25) is 0 Å². The fraction of sp³-hybridized carbons (Fsp3) is 0.160. The van der Waals surface area contributed by atoms with Crippen LogP contribution in [-0.2, 0) is 13.0 Å². The van der Waals surface area contributed by atoms with Gasteiger partial charge < -0.3 is 9.64 Å². The molecule has 170 valence electrons. The van der Waals surface area contributed by atoms with Gasteiger partial charge in [-0.05, 0) is 41.8 Å². The molecule has 0 aliphatic carbocycles. The largest absolute Gasteiger partial charge is 0.496 e.